The summed E-state index contributed by atoms with van der Waals surface area (Å²) in [5, 5.41) is 2.90. The Hall–Kier alpha value is -0.850. The van der Waals surface area contributed by atoms with E-state index in [1.165, 1.54) is 0 Å². The molecule has 1 aromatic carbocycles. The molecule has 7 heteroatoms. The minimum absolute atomic E-state index is 0. The molecule has 1 saturated heterocycles. The van der Waals surface area contributed by atoms with Crippen molar-refractivity contribution >= 4 is 30.7 Å². The highest BCUT2D eigenvalue weighted by molar-refractivity contribution is 5.85. The standard InChI is InChI=1S/C15H23N3O2.2ClH/c16-14(13-5-2-1-3-6-13)15(19)17-7-4-8-18-9-11-20-12-10-18;;/h1-3,5-6,14H,4,7-12,16H2,(H,17,19);2*1H. The van der Waals surface area contributed by atoms with Crippen LogP contribution in [0.2, 0.25) is 0 Å². The molecule has 1 unspecified atom stereocenters. The van der Waals surface area contributed by atoms with Crippen molar-refractivity contribution in [2.75, 3.05) is 39.4 Å². The van der Waals surface area contributed by atoms with Crippen molar-refractivity contribution in [2.24, 2.45) is 5.73 Å². The summed E-state index contributed by atoms with van der Waals surface area (Å²) in [7, 11) is 0. The molecule has 1 atom stereocenters. The van der Waals surface area contributed by atoms with E-state index in [0.29, 0.717) is 6.54 Å². The molecule has 5 nitrogen and oxygen atoms in total. The lowest BCUT2D eigenvalue weighted by Gasteiger charge is -2.26. The highest BCUT2D eigenvalue weighted by atomic mass is 35.5. The lowest BCUT2D eigenvalue weighted by Crippen LogP contribution is -2.39. The van der Waals surface area contributed by atoms with Gasteiger partial charge in [-0.2, -0.15) is 0 Å². The van der Waals surface area contributed by atoms with Gasteiger partial charge in [-0.05, 0) is 18.5 Å². The van der Waals surface area contributed by atoms with Crippen LogP contribution in [0.4, 0.5) is 0 Å². The van der Waals surface area contributed by atoms with Crippen molar-refractivity contribution in [3.8, 4) is 0 Å². The summed E-state index contributed by atoms with van der Waals surface area (Å²) in [5.74, 6) is -0.113. The lowest BCUT2D eigenvalue weighted by molar-refractivity contribution is -0.122. The molecule has 1 amide bonds. The molecule has 1 heterocycles. The zero-order valence-corrected chi connectivity index (χ0v) is 14.2. The van der Waals surface area contributed by atoms with Gasteiger partial charge in [-0.25, -0.2) is 0 Å². The van der Waals surface area contributed by atoms with Gasteiger partial charge < -0.3 is 15.8 Å². The molecular weight excluding hydrogens is 325 g/mol. The van der Waals surface area contributed by atoms with E-state index in [2.05, 4.69) is 10.2 Å². The average Bonchev–Trinajstić information content (AvgIpc) is 2.52. The maximum Gasteiger partial charge on any atom is 0.241 e. The van der Waals surface area contributed by atoms with E-state index in [-0.39, 0.29) is 30.7 Å². The van der Waals surface area contributed by atoms with Crippen molar-refractivity contribution < 1.29 is 9.53 Å². The van der Waals surface area contributed by atoms with Gasteiger partial charge >= 0.3 is 0 Å². The third-order valence-electron chi connectivity index (χ3n) is 3.50. The molecule has 1 aliphatic heterocycles. The van der Waals surface area contributed by atoms with Crippen LogP contribution in [-0.2, 0) is 9.53 Å². The van der Waals surface area contributed by atoms with Gasteiger partial charge in [-0.15, -0.1) is 24.8 Å². The number of nitrogens with two attached hydrogens (primary N) is 1. The number of carbonyl (C=O) groups excluding carboxylic acids is 1. The third-order valence-corrected chi connectivity index (χ3v) is 3.50. The van der Waals surface area contributed by atoms with Crippen LogP contribution in [0, 0.1) is 0 Å². The number of nitrogens with zero attached hydrogens (tertiary/aromatic N) is 1. The number of amides is 1. The molecule has 0 spiro atoms. The first-order chi connectivity index (χ1) is 9.77. The van der Waals surface area contributed by atoms with Crippen LogP contribution in [0.3, 0.4) is 0 Å². The summed E-state index contributed by atoms with van der Waals surface area (Å²) in [6.07, 6.45) is 0.938. The first-order valence-corrected chi connectivity index (χ1v) is 7.16. The van der Waals surface area contributed by atoms with Crippen molar-refractivity contribution in [2.45, 2.75) is 12.5 Å². The molecule has 3 N–H and O–H groups in total. The summed E-state index contributed by atoms with van der Waals surface area (Å²) in [4.78, 5) is 14.3. The number of benzene rings is 1. The van der Waals surface area contributed by atoms with Crippen LogP contribution in [0.25, 0.3) is 0 Å². The first kappa shape index (κ1) is 21.1. The van der Waals surface area contributed by atoms with Gasteiger partial charge in [0.15, 0.2) is 0 Å². The van der Waals surface area contributed by atoms with Crippen LogP contribution >= 0.6 is 24.8 Å². The molecule has 22 heavy (non-hydrogen) atoms. The van der Waals surface area contributed by atoms with E-state index in [1.54, 1.807) is 0 Å². The highest BCUT2D eigenvalue weighted by Crippen LogP contribution is 2.09. The second kappa shape index (κ2) is 11.7. The topological polar surface area (TPSA) is 67.6 Å². The SMILES string of the molecule is Cl.Cl.NC(C(=O)NCCCN1CCOCC1)c1ccccc1. The van der Waals surface area contributed by atoms with Gasteiger partial charge in [0, 0.05) is 19.6 Å². The molecule has 0 saturated carbocycles. The summed E-state index contributed by atoms with van der Waals surface area (Å²) < 4.78 is 5.30. The maximum atomic E-state index is 11.9. The molecule has 1 aromatic rings. The Morgan fingerprint density at radius 2 is 1.86 bits per heavy atom. The van der Waals surface area contributed by atoms with Crippen molar-refractivity contribution in [3.63, 3.8) is 0 Å². The molecule has 0 bridgehead atoms. The summed E-state index contributed by atoms with van der Waals surface area (Å²) >= 11 is 0. The Balaban J connectivity index is 0.00000220. The largest absolute Gasteiger partial charge is 0.379 e. The number of ether oxygens (including phenoxy) is 1. The van der Waals surface area contributed by atoms with Gasteiger partial charge in [-0.3, -0.25) is 9.69 Å². The number of carbonyl (C=O) groups is 1. The quantitative estimate of drug-likeness (QED) is 0.761. The Morgan fingerprint density at radius 3 is 2.50 bits per heavy atom. The van der Waals surface area contributed by atoms with Crippen LogP contribution < -0.4 is 11.1 Å². The van der Waals surface area contributed by atoms with E-state index >= 15 is 0 Å². The lowest BCUT2D eigenvalue weighted by atomic mass is 10.1. The van der Waals surface area contributed by atoms with Gasteiger partial charge in [0.25, 0.3) is 0 Å². The zero-order chi connectivity index (χ0) is 14.2. The Kier molecular flexibility index (Phi) is 11.2. The fourth-order valence-corrected chi connectivity index (χ4v) is 2.26. The highest BCUT2D eigenvalue weighted by Gasteiger charge is 2.15. The Bertz CT molecular complexity index is 415. The number of nitrogens with one attached hydrogen (secondary N) is 1. The van der Waals surface area contributed by atoms with Crippen LogP contribution in [0.1, 0.15) is 18.0 Å². The van der Waals surface area contributed by atoms with Gasteiger partial charge in [0.1, 0.15) is 6.04 Å². The monoisotopic (exact) mass is 349 g/mol. The normalized spacial score (nSPS) is 16.0. The fourth-order valence-electron chi connectivity index (χ4n) is 2.26. The Labute approximate surface area is 144 Å². The Morgan fingerprint density at radius 1 is 1.23 bits per heavy atom. The maximum absolute atomic E-state index is 11.9. The number of hydrogen-bond donors (Lipinski definition) is 2. The van der Waals surface area contributed by atoms with Crippen LogP contribution in [0.15, 0.2) is 30.3 Å². The minimum Gasteiger partial charge on any atom is -0.379 e. The summed E-state index contributed by atoms with van der Waals surface area (Å²) in [5.41, 5.74) is 6.77. The average molecular weight is 350 g/mol. The molecule has 2 rings (SSSR count). The minimum atomic E-state index is -0.584. The first-order valence-electron chi connectivity index (χ1n) is 7.16. The number of hydrogen-bond acceptors (Lipinski definition) is 4. The van der Waals surface area contributed by atoms with Crippen molar-refractivity contribution in [1.29, 1.82) is 0 Å². The number of rotatable bonds is 6. The second-order valence-electron chi connectivity index (χ2n) is 4.99. The molecular formula is C15H25Cl2N3O2. The summed E-state index contributed by atoms with van der Waals surface area (Å²) in [6.45, 7) is 5.24. The smallest absolute Gasteiger partial charge is 0.241 e. The molecule has 1 fully saturated rings. The molecule has 1 aliphatic rings. The van der Waals surface area contributed by atoms with E-state index in [0.717, 1.165) is 44.8 Å². The second-order valence-corrected chi connectivity index (χ2v) is 4.99. The van der Waals surface area contributed by atoms with Crippen molar-refractivity contribution in [3.05, 3.63) is 35.9 Å². The third kappa shape index (κ3) is 6.94. The molecule has 0 aliphatic carbocycles. The van der Waals surface area contributed by atoms with Crippen molar-refractivity contribution in [1.82, 2.24) is 10.2 Å². The van der Waals surface area contributed by atoms with E-state index in [4.69, 9.17) is 10.5 Å². The molecule has 0 aromatic heterocycles. The molecule has 0 radical (unpaired) electrons. The van der Waals surface area contributed by atoms with E-state index in [1.807, 2.05) is 30.3 Å². The van der Waals surface area contributed by atoms with Gasteiger partial charge in [0.2, 0.25) is 5.91 Å². The van der Waals surface area contributed by atoms with E-state index in [9.17, 15) is 4.79 Å². The van der Waals surface area contributed by atoms with E-state index < -0.39 is 6.04 Å². The predicted octanol–water partition coefficient (Wildman–Crippen LogP) is 1.37. The number of morpholine rings is 1. The predicted molar refractivity (Wildman–Crippen MR) is 92.8 cm³/mol. The van der Waals surface area contributed by atoms with Crippen LogP contribution in [0.5, 0.6) is 0 Å². The van der Waals surface area contributed by atoms with Crippen LogP contribution in [-0.4, -0.2) is 50.2 Å². The zero-order valence-electron chi connectivity index (χ0n) is 12.6. The fraction of sp³-hybridized carbons (Fsp3) is 0.533. The number of halogens is 2. The van der Waals surface area contributed by atoms with Gasteiger partial charge in [-0.1, -0.05) is 30.3 Å². The van der Waals surface area contributed by atoms with Gasteiger partial charge in [0.05, 0.1) is 13.2 Å². The molecule has 126 valence electrons. The summed E-state index contributed by atoms with van der Waals surface area (Å²) in [6, 6.07) is 8.85.